The Labute approximate surface area is 181 Å². The van der Waals surface area contributed by atoms with Gasteiger partial charge in [-0.15, -0.1) is 0 Å². The van der Waals surface area contributed by atoms with Crippen LogP contribution in [0.5, 0.6) is 0 Å². The molecule has 0 aliphatic rings. The first-order valence-corrected chi connectivity index (χ1v) is 7.52. The zero-order valence-corrected chi connectivity index (χ0v) is 17.3. The van der Waals surface area contributed by atoms with Gasteiger partial charge < -0.3 is 70.3 Å². The van der Waals surface area contributed by atoms with Crippen molar-refractivity contribution < 1.29 is 83.7 Å². The molecule has 0 amide bonds. The van der Waals surface area contributed by atoms with Crippen molar-refractivity contribution in [3.63, 3.8) is 0 Å². The largest absolute Gasteiger partial charge is 0.637 e. The second-order valence-corrected chi connectivity index (χ2v) is 4.57. The molecule has 1 unspecified atom stereocenters. The fourth-order valence-corrected chi connectivity index (χ4v) is 0.717. The smallest absolute Gasteiger partial charge is 0.481 e. The van der Waals surface area contributed by atoms with E-state index in [1.165, 1.54) is 0 Å². The Morgan fingerprint density at radius 3 is 0.969 bits per heavy atom. The fraction of sp³-hybridized carbons (Fsp3) is 0.600. The van der Waals surface area contributed by atoms with E-state index < -0.39 is 58.0 Å². The van der Waals surface area contributed by atoms with E-state index in [0.717, 1.165) is 27.7 Å². The van der Waals surface area contributed by atoms with Crippen LogP contribution in [-0.2, 0) is 33.1 Å². The van der Waals surface area contributed by atoms with Crippen LogP contribution in [0, 0.1) is 0 Å². The van der Waals surface area contributed by atoms with Gasteiger partial charge in [0.25, 0.3) is 23.9 Å². The molecule has 0 spiro atoms. The van der Waals surface area contributed by atoms with Gasteiger partial charge in [-0.2, -0.15) is 0 Å². The van der Waals surface area contributed by atoms with Gasteiger partial charge in [0.05, 0.1) is 0 Å². The topological polar surface area (TPSA) is 350 Å². The van der Waals surface area contributed by atoms with E-state index in [4.69, 9.17) is 81.2 Å². The predicted octanol–water partition coefficient (Wildman–Crippen LogP) is -5.79. The van der Waals surface area contributed by atoms with E-state index >= 15 is 0 Å². The quantitative estimate of drug-likeness (QED) is 0.119. The van der Waals surface area contributed by atoms with Gasteiger partial charge in [0.1, 0.15) is 0 Å². The molecule has 0 heterocycles. The van der Waals surface area contributed by atoms with Crippen LogP contribution in [0.4, 0.5) is 0 Å². The standard InChI is InChI=1S/C2H11B3N2O9.4C2H4O2/c6-1(14-3(8)9)2(7,15-4(10)11)16-5(12)13;4*1-2(3)4/h1,8-13H,6-7H2;4*1H3,(H,3,4). The Morgan fingerprint density at radius 1 is 0.656 bits per heavy atom. The third-order valence-corrected chi connectivity index (χ3v) is 1.24. The summed E-state index contributed by atoms with van der Waals surface area (Å²) in [5.74, 6) is -6.06. The van der Waals surface area contributed by atoms with Gasteiger partial charge in [-0.1, -0.05) is 0 Å². The number of carboxylic acids is 4. The molecule has 0 aliphatic heterocycles. The van der Waals surface area contributed by atoms with Crippen molar-refractivity contribution >= 4 is 45.8 Å². The normalized spacial score (nSPS) is 9.88. The second kappa shape index (κ2) is 23.3. The van der Waals surface area contributed by atoms with Crippen LogP contribution < -0.4 is 11.5 Å². The third-order valence-electron chi connectivity index (χ3n) is 1.24. The SMILES string of the molecule is CC(=O)O.CC(=O)O.CC(=O)O.CC(=O)O.NC(OB(O)O)C(N)(OB(O)O)OB(O)O. The summed E-state index contributed by atoms with van der Waals surface area (Å²) < 4.78 is 12.3. The molecule has 0 radical (unpaired) electrons. The average Bonchev–Trinajstić information content (AvgIpc) is 2.41. The van der Waals surface area contributed by atoms with Gasteiger partial charge in [0.15, 0.2) is 6.23 Å². The lowest BCUT2D eigenvalue weighted by molar-refractivity contribution is -0.210. The number of nitrogens with two attached hydrogens (primary N) is 2. The molecule has 0 aliphatic carbocycles. The maximum atomic E-state index is 9.00. The summed E-state index contributed by atoms with van der Waals surface area (Å²) in [7, 11) is -7.32. The maximum Gasteiger partial charge on any atom is 0.637 e. The van der Waals surface area contributed by atoms with Gasteiger partial charge in [-0.3, -0.25) is 24.9 Å². The molecule has 1 atom stereocenters. The van der Waals surface area contributed by atoms with E-state index in [-0.39, 0.29) is 0 Å². The number of carboxylic acid groups (broad SMARTS) is 4. The van der Waals surface area contributed by atoms with Gasteiger partial charge >= 0.3 is 22.0 Å². The number of aliphatic carboxylic acids is 4. The third kappa shape index (κ3) is 63.0. The molecule has 0 bridgehead atoms. The molecule has 0 aromatic rings. The van der Waals surface area contributed by atoms with E-state index in [1.54, 1.807) is 0 Å². The zero-order chi connectivity index (χ0) is 27.2. The minimum Gasteiger partial charge on any atom is -0.481 e. The highest BCUT2D eigenvalue weighted by Crippen LogP contribution is 2.12. The van der Waals surface area contributed by atoms with Crippen LogP contribution in [0.1, 0.15) is 27.7 Å². The number of hydrogen-bond acceptors (Lipinski definition) is 15. The van der Waals surface area contributed by atoms with Crippen LogP contribution in [-0.4, -0.2) is 109 Å². The van der Waals surface area contributed by atoms with Gasteiger partial charge in [0.2, 0.25) is 5.91 Å². The highest BCUT2D eigenvalue weighted by atomic mass is 16.8. The predicted molar refractivity (Wildman–Crippen MR) is 102 cm³/mol. The first-order chi connectivity index (χ1) is 14.1. The number of carbonyl (C=O) groups is 4. The molecule has 0 saturated carbocycles. The van der Waals surface area contributed by atoms with Gasteiger partial charge in [-0.25, -0.2) is 0 Å². The lowest BCUT2D eigenvalue weighted by Gasteiger charge is -2.34. The molecule has 188 valence electrons. The molecular formula is C10H27B3N2O17. The Kier molecular flexibility index (Phi) is 29.2. The summed E-state index contributed by atoms with van der Waals surface area (Å²) in [6.07, 6.45) is -1.96. The lowest BCUT2D eigenvalue weighted by atomic mass is 10.2. The Hall–Kier alpha value is -2.37. The molecule has 14 N–H and O–H groups in total. The second-order valence-electron chi connectivity index (χ2n) is 4.57. The molecule has 0 aromatic heterocycles. The van der Waals surface area contributed by atoms with Gasteiger partial charge in [-0.05, 0) is 0 Å². The first-order valence-electron chi connectivity index (χ1n) is 7.52. The van der Waals surface area contributed by atoms with E-state index in [0.29, 0.717) is 0 Å². The van der Waals surface area contributed by atoms with Crippen LogP contribution in [0.15, 0.2) is 0 Å². The van der Waals surface area contributed by atoms with Crippen molar-refractivity contribution in [2.24, 2.45) is 11.5 Å². The van der Waals surface area contributed by atoms with Gasteiger partial charge in [0, 0.05) is 27.7 Å². The molecule has 0 saturated heterocycles. The Morgan fingerprint density at radius 2 is 0.844 bits per heavy atom. The van der Waals surface area contributed by atoms with E-state index in [2.05, 4.69) is 14.0 Å². The number of hydrogen-bond donors (Lipinski definition) is 12. The van der Waals surface area contributed by atoms with Crippen LogP contribution >= 0.6 is 0 Å². The summed E-state index contributed by atoms with van der Waals surface area (Å²) in [6, 6.07) is 0. The monoisotopic (exact) mass is 480 g/mol. The van der Waals surface area contributed by atoms with Crippen molar-refractivity contribution in [1.82, 2.24) is 0 Å². The average molecular weight is 480 g/mol. The highest BCUT2D eigenvalue weighted by molar-refractivity contribution is 6.34. The van der Waals surface area contributed by atoms with Crippen molar-refractivity contribution in [1.29, 1.82) is 0 Å². The lowest BCUT2D eigenvalue weighted by Crippen LogP contribution is -2.65. The fourth-order valence-electron chi connectivity index (χ4n) is 0.717. The Balaban J connectivity index is -0.000000123. The van der Waals surface area contributed by atoms with Crippen LogP contribution in [0.2, 0.25) is 0 Å². The molecule has 0 rings (SSSR count). The van der Waals surface area contributed by atoms with E-state index in [1.807, 2.05) is 0 Å². The first kappa shape index (κ1) is 40.0. The molecule has 32 heavy (non-hydrogen) atoms. The highest BCUT2D eigenvalue weighted by Gasteiger charge is 2.44. The number of rotatable bonds is 7. The van der Waals surface area contributed by atoms with Crippen molar-refractivity contribution in [2.75, 3.05) is 0 Å². The van der Waals surface area contributed by atoms with Crippen LogP contribution in [0.25, 0.3) is 0 Å². The minimum atomic E-state index is -2.73. The Bertz CT molecular complexity index is 447. The summed E-state index contributed by atoms with van der Waals surface area (Å²) in [4.78, 5) is 36.0. The summed E-state index contributed by atoms with van der Waals surface area (Å²) in [5, 5.41) is 80.3. The molecular weight excluding hydrogens is 453 g/mol. The summed E-state index contributed by atoms with van der Waals surface area (Å²) in [5.41, 5.74) is 10.2. The van der Waals surface area contributed by atoms with Crippen molar-refractivity contribution in [2.45, 2.75) is 39.8 Å². The minimum absolute atomic E-state index is 0.833. The van der Waals surface area contributed by atoms with Crippen molar-refractivity contribution in [3.05, 3.63) is 0 Å². The summed E-state index contributed by atoms with van der Waals surface area (Å²) in [6.45, 7) is 4.33. The molecule has 22 heteroatoms. The molecule has 0 aromatic carbocycles. The van der Waals surface area contributed by atoms with E-state index in [9.17, 15) is 0 Å². The zero-order valence-electron chi connectivity index (χ0n) is 17.3. The van der Waals surface area contributed by atoms with Crippen LogP contribution in [0.3, 0.4) is 0 Å². The molecule has 0 fully saturated rings. The van der Waals surface area contributed by atoms with Crippen molar-refractivity contribution in [3.8, 4) is 0 Å². The summed E-state index contributed by atoms with van der Waals surface area (Å²) >= 11 is 0. The molecule has 19 nitrogen and oxygen atoms in total. The maximum absolute atomic E-state index is 9.00.